The quantitative estimate of drug-likeness (QED) is 0.443. The minimum atomic E-state index is -0.550. The molecule has 148 valence electrons. The van der Waals surface area contributed by atoms with Crippen LogP contribution in [0.15, 0.2) is 53.4 Å². The van der Waals surface area contributed by atoms with Crippen LogP contribution < -0.4 is 5.32 Å². The highest BCUT2D eigenvalue weighted by Crippen LogP contribution is 2.31. The van der Waals surface area contributed by atoms with Gasteiger partial charge in [-0.3, -0.25) is 29.4 Å². The lowest BCUT2D eigenvalue weighted by Crippen LogP contribution is -2.37. The van der Waals surface area contributed by atoms with E-state index in [2.05, 4.69) is 5.32 Å². The number of thioether (sulfide) groups is 1. The fourth-order valence-corrected chi connectivity index (χ4v) is 3.49. The van der Waals surface area contributed by atoms with Gasteiger partial charge in [-0.25, -0.2) is 0 Å². The first-order chi connectivity index (χ1) is 13.8. The number of amides is 3. The number of nitro groups is 1. The molecule has 2 aromatic carbocycles. The number of nitrogens with zero attached hydrogens (tertiary/aromatic N) is 2. The number of rotatable bonds is 6. The molecule has 3 rings (SSSR count). The Balaban J connectivity index is 1.57. The van der Waals surface area contributed by atoms with Gasteiger partial charge in [0.05, 0.1) is 9.83 Å². The molecule has 0 atom stereocenters. The molecule has 29 heavy (non-hydrogen) atoms. The maximum Gasteiger partial charge on any atom is 0.293 e. The van der Waals surface area contributed by atoms with Gasteiger partial charge in [0.25, 0.3) is 22.7 Å². The van der Waals surface area contributed by atoms with Gasteiger partial charge in [-0.05, 0) is 42.5 Å². The number of carbonyl (C=O) groups is 3. The van der Waals surface area contributed by atoms with Gasteiger partial charge >= 0.3 is 0 Å². The van der Waals surface area contributed by atoms with Crippen LogP contribution in [0.2, 0.25) is 0 Å². The third kappa shape index (κ3) is 4.88. The lowest BCUT2D eigenvalue weighted by atomic mass is 10.1. The third-order valence-electron chi connectivity index (χ3n) is 4.21. The Morgan fingerprint density at radius 2 is 1.79 bits per heavy atom. The van der Waals surface area contributed by atoms with Crippen LogP contribution in [0.5, 0.6) is 0 Å². The SMILES string of the molecule is Cc1ccc(C=C2SC(=O)N(CCNC(=O)c3ccc([N+](=O)[O-])cc3)C2=O)cc1. The fraction of sp³-hybridized carbons (Fsp3) is 0.150. The summed E-state index contributed by atoms with van der Waals surface area (Å²) in [4.78, 5) is 48.2. The lowest BCUT2D eigenvalue weighted by Gasteiger charge is -2.13. The van der Waals surface area contributed by atoms with E-state index in [4.69, 9.17) is 0 Å². The number of imide groups is 1. The molecule has 0 unspecified atom stereocenters. The molecule has 0 bridgehead atoms. The Labute approximate surface area is 170 Å². The molecule has 0 aliphatic carbocycles. The number of aryl methyl sites for hydroxylation is 1. The van der Waals surface area contributed by atoms with Crippen LogP contribution in [-0.2, 0) is 4.79 Å². The Morgan fingerprint density at radius 1 is 1.14 bits per heavy atom. The van der Waals surface area contributed by atoms with Gasteiger partial charge < -0.3 is 5.32 Å². The molecule has 0 saturated carbocycles. The van der Waals surface area contributed by atoms with Crippen molar-refractivity contribution in [1.29, 1.82) is 0 Å². The molecule has 3 amide bonds. The monoisotopic (exact) mass is 411 g/mol. The molecule has 1 aliphatic heterocycles. The Morgan fingerprint density at radius 3 is 2.41 bits per heavy atom. The zero-order valence-corrected chi connectivity index (χ0v) is 16.3. The zero-order valence-electron chi connectivity index (χ0n) is 15.5. The Kier molecular flexibility index (Phi) is 6.08. The topological polar surface area (TPSA) is 110 Å². The molecule has 0 spiro atoms. The maximum atomic E-state index is 12.5. The number of non-ortho nitro benzene ring substituents is 1. The molecule has 0 radical (unpaired) electrons. The average molecular weight is 411 g/mol. The van der Waals surface area contributed by atoms with Crippen LogP contribution in [0.3, 0.4) is 0 Å². The van der Waals surface area contributed by atoms with E-state index in [9.17, 15) is 24.5 Å². The van der Waals surface area contributed by atoms with Gasteiger partial charge in [0, 0.05) is 30.8 Å². The first kappa shape index (κ1) is 20.3. The summed E-state index contributed by atoms with van der Waals surface area (Å²) in [6, 6.07) is 12.7. The molecular formula is C20H17N3O5S. The summed E-state index contributed by atoms with van der Waals surface area (Å²) in [5, 5.41) is 12.9. The zero-order chi connectivity index (χ0) is 21.0. The van der Waals surface area contributed by atoms with Crippen molar-refractivity contribution in [1.82, 2.24) is 10.2 Å². The van der Waals surface area contributed by atoms with Crippen molar-refractivity contribution in [3.63, 3.8) is 0 Å². The van der Waals surface area contributed by atoms with Gasteiger partial charge in [-0.15, -0.1) is 0 Å². The number of hydrogen-bond acceptors (Lipinski definition) is 6. The summed E-state index contributed by atoms with van der Waals surface area (Å²) in [5.74, 6) is -0.841. The number of benzene rings is 2. The lowest BCUT2D eigenvalue weighted by molar-refractivity contribution is -0.384. The van der Waals surface area contributed by atoms with Crippen molar-refractivity contribution < 1.29 is 19.3 Å². The molecule has 1 aliphatic rings. The van der Waals surface area contributed by atoms with E-state index in [1.165, 1.54) is 24.3 Å². The molecule has 0 aromatic heterocycles. The van der Waals surface area contributed by atoms with E-state index >= 15 is 0 Å². The first-order valence-corrected chi connectivity index (χ1v) is 9.51. The van der Waals surface area contributed by atoms with Crippen molar-refractivity contribution in [3.05, 3.63) is 80.2 Å². The number of nitro benzene ring substituents is 1. The predicted octanol–water partition coefficient (Wildman–Crippen LogP) is 3.37. The number of carbonyl (C=O) groups excluding carboxylic acids is 3. The van der Waals surface area contributed by atoms with Crippen LogP contribution in [0.1, 0.15) is 21.5 Å². The highest BCUT2D eigenvalue weighted by atomic mass is 32.2. The van der Waals surface area contributed by atoms with E-state index in [-0.39, 0.29) is 24.3 Å². The van der Waals surface area contributed by atoms with Gasteiger partial charge in [-0.1, -0.05) is 29.8 Å². The van der Waals surface area contributed by atoms with Crippen molar-refractivity contribution in [2.75, 3.05) is 13.1 Å². The first-order valence-electron chi connectivity index (χ1n) is 8.70. The molecule has 1 fully saturated rings. The molecule has 9 heteroatoms. The molecule has 8 nitrogen and oxygen atoms in total. The van der Waals surface area contributed by atoms with Crippen LogP contribution in [-0.4, -0.2) is 40.0 Å². The van der Waals surface area contributed by atoms with Crippen molar-refractivity contribution in [3.8, 4) is 0 Å². The van der Waals surface area contributed by atoms with Crippen molar-refractivity contribution >= 4 is 40.6 Å². The smallest absolute Gasteiger partial charge is 0.293 e. The number of nitrogens with one attached hydrogen (secondary N) is 1. The van der Waals surface area contributed by atoms with E-state index in [0.29, 0.717) is 4.91 Å². The van der Waals surface area contributed by atoms with Crippen LogP contribution in [0.4, 0.5) is 10.5 Å². The molecule has 1 saturated heterocycles. The highest BCUT2D eigenvalue weighted by Gasteiger charge is 2.34. The minimum absolute atomic E-state index is 0.0363. The minimum Gasteiger partial charge on any atom is -0.350 e. The second-order valence-electron chi connectivity index (χ2n) is 6.30. The standard InChI is InChI=1S/C20H17N3O5S/c1-13-2-4-14(5-3-13)12-17-19(25)22(20(26)29-17)11-10-21-18(24)15-6-8-16(9-7-15)23(27)28/h2-9,12H,10-11H2,1H3,(H,21,24). The van der Waals surface area contributed by atoms with E-state index < -0.39 is 22.0 Å². The van der Waals surface area contributed by atoms with Crippen molar-refractivity contribution in [2.24, 2.45) is 0 Å². The predicted molar refractivity (Wildman–Crippen MR) is 109 cm³/mol. The average Bonchev–Trinajstić information content (AvgIpc) is 2.97. The summed E-state index contributed by atoms with van der Waals surface area (Å²) in [5.41, 5.74) is 2.07. The summed E-state index contributed by atoms with van der Waals surface area (Å²) in [6.07, 6.45) is 1.67. The maximum absolute atomic E-state index is 12.5. The summed E-state index contributed by atoms with van der Waals surface area (Å²) in [6.45, 7) is 2.07. The molecule has 1 N–H and O–H groups in total. The van der Waals surface area contributed by atoms with Crippen LogP contribution in [0, 0.1) is 17.0 Å². The number of hydrogen-bond donors (Lipinski definition) is 1. The summed E-state index contributed by atoms with van der Waals surface area (Å²) >= 11 is 0.862. The molecule has 2 aromatic rings. The van der Waals surface area contributed by atoms with Crippen molar-refractivity contribution in [2.45, 2.75) is 6.92 Å². The molecular weight excluding hydrogens is 394 g/mol. The highest BCUT2D eigenvalue weighted by molar-refractivity contribution is 8.18. The van der Waals surface area contributed by atoms with Gasteiger partial charge in [0.2, 0.25) is 0 Å². The second-order valence-corrected chi connectivity index (χ2v) is 7.30. The van der Waals surface area contributed by atoms with Gasteiger partial charge in [-0.2, -0.15) is 0 Å². The van der Waals surface area contributed by atoms with Crippen LogP contribution >= 0.6 is 11.8 Å². The fourth-order valence-electron chi connectivity index (χ4n) is 2.62. The second kappa shape index (κ2) is 8.70. The van der Waals surface area contributed by atoms with Crippen LogP contribution in [0.25, 0.3) is 6.08 Å². The molecule has 1 heterocycles. The normalized spacial score (nSPS) is 15.1. The van der Waals surface area contributed by atoms with E-state index in [1.54, 1.807) is 6.08 Å². The largest absolute Gasteiger partial charge is 0.350 e. The Bertz CT molecular complexity index is 1000. The Hall–Kier alpha value is -3.46. The van der Waals surface area contributed by atoms with E-state index in [0.717, 1.165) is 27.8 Å². The summed E-state index contributed by atoms with van der Waals surface area (Å²) < 4.78 is 0. The van der Waals surface area contributed by atoms with E-state index in [1.807, 2.05) is 31.2 Å². The van der Waals surface area contributed by atoms with Gasteiger partial charge in [0.15, 0.2) is 0 Å². The summed E-state index contributed by atoms with van der Waals surface area (Å²) in [7, 11) is 0. The third-order valence-corrected chi connectivity index (χ3v) is 5.12. The van der Waals surface area contributed by atoms with Gasteiger partial charge in [0.1, 0.15) is 0 Å².